The lowest BCUT2D eigenvalue weighted by atomic mass is 10.2. The van der Waals surface area contributed by atoms with Gasteiger partial charge in [-0.3, -0.25) is 4.79 Å². The predicted octanol–water partition coefficient (Wildman–Crippen LogP) is 2.52. The van der Waals surface area contributed by atoms with Crippen LogP contribution >= 0.6 is 11.6 Å². The molecule has 5 nitrogen and oxygen atoms in total. The van der Waals surface area contributed by atoms with Crippen molar-refractivity contribution in [1.82, 2.24) is 9.55 Å². The van der Waals surface area contributed by atoms with Gasteiger partial charge in [0.2, 0.25) is 0 Å². The summed E-state index contributed by atoms with van der Waals surface area (Å²) < 4.78 is 1.97. The summed E-state index contributed by atoms with van der Waals surface area (Å²) in [7, 11) is 0. The first-order chi connectivity index (χ1) is 9.65. The molecule has 0 fully saturated rings. The molecule has 0 spiro atoms. The Bertz CT molecular complexity index is 540. The molecule has 0 aliphatic rings. The lowest BCUT2D eigenvalue weighted by molar-refractivity contribution is -0.135. The van der Waals surface area contributed by atoms with E-state index in [9.17, 15) is 4.79 Å². The molecule has 0 saturated heterocycles. The van der Waals surface area contributed by atoms with E-state index in [1.54, 1.807) is 24.7 Å². The van der Waals surface area contributed by atoms with Gasteiger partial charge in [0.25, 0.3) is 0 Å². The molecule has 0 unspecified atom stereocenters. The number of aliphatic carboxylic acids is 1. The van der Waals surface area contributed by atoms with E-state index in [0.717, 1.165) is 18.7 Å². The monoisotopic (exact) mass is 293 g/mol. The van der Waals surface area contributed by atoms with E-state index in [-0.39, 0.29) is 6.54 Å². The number of anilines is 1. The van der Waals surface area contributed by atoms with Gasteiger partial charge in [0.05, 0.1) is 6.33 Å². The minimum Gasteiger partial charge on any atom is -0.480 e. The van der Waals surface area contributed by atoms with Crippen molar-refractivity contribution >= 4 is 23.3 Å². The highest BCUT2D eigenvalue weighted by atomic mass is 35.5. The fraction of sp³-hybridized carbons (Fsp3) is 0.286. The van der Waals surface area contributed by atoms with Gasteiger partial charge in [-0.1, -0.05) is 11.6 Å². The third kappa shape index (κ3) is 4.28. The number of aryl methyl sites for hydroxylation is 1. The Morgan fingerprint density at radius 3 is 2.70 bits per heavy atom. The van der Waals surface area contributed by atoms with Gasteiger partial charge in [0.15, 0.2) is 0 Å². The SMILES string of the molecule is O=C(O)CN(CCCn1ccnc1)c1ccc(Cl)cc1. The summed E-state index contributed by atoms with van der Waals surface area (Å²) in [5.41, 5.74) is 0.863. The maximum Gasteiger partial charge on any atom is 0.323 e. The number of carbonyl (C=O) groups is 1. The first-order valence-electron chi connectivity index (χ1n) is 6.33. The van der Waals surface area contributed by atoms with E-state index in [1.807, 2.05) is 27.8 Å². The van der Waals surface area contributed by atoms with Crippen LogP contribution in [-0.4, -0.2) is 33.7 Å². The Morgan fingerprint density at radius 1 is 1.35 bits per heavy atom. The van der Waals surface area contributed by atoms with Crippen LogP contribution < -0.4 is 4.90 Å². The second kappa shape index (κ2) is 6.96. The summed E-state index contributed by atoms with van der Waals surface area (Å²) >= 11 is 5.85. The summed E-state index contributed by atoms with van der Waals surface area (Å²) in [6, 6.07) is 7.20. The van der Waals surface area contributed by atoms with E-state index in [4.69, 9.17) is 16.7 Å². The van der Waals surface area contributed by atoms with Crippen LogP contribution in [0.4, 0.5) is 5.69 Å². The smallest absolute Gasteiger partial charge is 0.323 e. The highest BCUT2D eigenvalue weighted by molar-refractivity contribution is 6.30. The van der Waals surface area contributed by atoms with Crippen LogP contribution in [0.25, 0.3) is 0 Å². The summed E-state index contributed by atoms with van der Waals surface area (Å²) in [5.74, 6) is -0.845. The zero-order valence-corrected chi connectivity index (χ0v) is 11.7. The number of carboxylic acids is 1. The molecule has 2 aromatic rings. The normalized spacial score (nSPS) is 10.4. The van der Waals surface area contributed by atoms with Crippen LogP contribution in [0.3, 0.4) is 0 Å². The van der Waals surface area contributed by atoms with Crippen molar-refractivity contribution in [3.05, 3.63) is 48.0 Å². The van der Waals surface area contributed by atoms with Gasteiger partial charge in [0, 0.05) is 36.2 Å². The fourth-order valence-corrected chi connectivity index (χ4v) is 2.10. The summed E-state index contributed by atoms with van der Waals surface area (Å²) in [5, 5.41) is 9.64. The van der Waals surface area contributed by atoms with Gasteiger partial charge in [-0.25, -0.2) is 4.98 Å². The van der Waals surface area contributed by atoms with E-state index in [1.165, 1.54) is 0 Å². The molecule has 20 heavy (non-hydrogen) atoms. The molecular weight excluding hydrogens is 278 g/mol. The second-order valence-electron chi connectivity index (χ2n) is 4.45. The van der Waals surface area contributed by atoms with Crippen LogP contribution in [0.15, 0.2) is 43.0 Å². The maximum atomic E-state index is 11.0. The minimum atomic E-state index is -0.845. The third-order valence-corrected chi connectivity index (χ3v) is 3.17. The van der Waals surface area contributed by atoms with Crippen molar-refractivity contribution in [3.63, 3.8) is 0 Å². The molecule has 1 N–H and O–H groups in total. The molecule has 1 aromatic heterocycles. The number of imidazole rings is 1. The Hall–Kier alpha value is -2.01. The summed E-state index contributed by atoms with van der Waals surface area (Å²) in [4.78, 5) is 16.8. The Labute approximate surface area is 122 Å². The molecule has 0 atom stereocenters. The molecule has 2 rings (SSSR count). The van der Waals surface area contributed by atoms with Crippen molar-refractivity contribution in [2.45, 2.75) is 13.0 Å². The van der Waals surface area contributed by atoms with Crippen LogP contribution in [-0.2, 0) is 11.3 Å². The molecular formula is C14H16ClN3O2. The molecule has 0 amide bonds. The maximum absolute atomic E-state index is 11.0. The lowest BCUT2D eigenvalue weighted by Crippen LogP contribution is -2.31. The van der Waals surface area contributed by atoms with Crippen molar-refractivity contribution < 1.29 is 9.90 Å². The van der Waals surface area contributed by atoms with Crippen LogP contribution in [0.2, 0.25) is 5.02 Å². The number of halogens is 1. The molecule has 0 bridgehead atoms. The number of aromatic nitrogens is 2. The number of hydrogen-bond donors (Lipinski definition) is 1. The van der Waals surface area contributed by atoms with Crippen LogP contribution in [0, 0.1) is 0 Å². The topological polar surface area (TPSA) is 58.4 Å². The van der Waals surface area contributed by atoms with Gasteiger partial charge in [-0.2, -0.15) is 0 Å². The third-order valence-electron chi connectivity index (χ3n) is 2.92. The van der Waals surface area contributed by atoms with E-state index < -0.39 is 5.97 Å². The standard InChI is InChI=1S/C14H16ClN3O2/c15-12-2-4-13(5-3-12)18(10-14(19)20)8-1-7-17-9-6-16-11-17/h2-6,9,11H,1,7-8,10H2,(H,19,20). The first kappa shape index (κ1) is 14.4. The van der Waals surface area contributed by atoms with Gasteiger partial charge in [-0.15, -0.1) is 0 Å². The Kier molecular flexibility index (Phi) is 5.01. The number of benzene rings is 1. The zero-order chi connectivity index (χ0) is 14.4. The fourth-order valence-electron chi connectivity index (χ4n) is 1.98. The summed E-state index contributed by atoms with van der Waals surface area (Å²) in [6.07, 6.45) is 6.22. The molecule has 1 aromatic carbocycles. The Morgan fingerprint density at radius 2 is 2.10 bits per heavy atom. The molecule has 1 heterocycles. The predicted molar refractivity (Wildman–Crippen MR) is 78.1 cm³/mol. The van der Waals surface area contributed by atoms with Gasteiger partial charge >= 0.3 is 5.97 Å². The molecule has 0 saturated carbocycles. The summed E-state index contributed by atoms with van der Waals surface area (Å²) in [6.45, 7) is 1.45. The van der Waals surface area contributed by atoms with Gasteiger partial charge in [-0.05, 0) is 30.7 Å². The number of hydrogen-bond acceptors (Lipinski definition) is 3. The van der Waals surface area contributed by atoms with Gasteiger partial charge < -0.3 is 14.6 Å². The first-order valence-corrected chi connectivity index (χ1v) is 6.71. The van der Waals surface area contributed by atoms with Crippen molar-refractivity contribution in [2.24, 2.45) is 0 Å². The molecule has 0 aliphatic heterocycles. The minimum absolute atomic E-state index is 0.0223. The molecule has 6 heteroatoms. The van der Waals surface area contributed by atoms with Crippen LogP contribution in [0.1, 0.15) is 6.42 Å². The highest BCUT2D eigenvalue weighted by Crippen LogP contribution is 2.18. The van der Waals surface area contributed by atoms with Crippen molar-refractivity contribution in [2.75, 3.05) is 18.0 Å². The number of rotatable bonds is 7. The molecule has 0 aliphatic carbocycles. The van der Waals surface area contributed by atoms with Gasteiger partial charge in [0.1, 0.15) is 6.54 Å². The van der Waals surface area contributed by atoms with Crippen LogP contribution in [0.5, 0.6) is 0 Å². The van der Waals surface area contributed by atoms with E-state index in [0.29, 0.717) is 11.6 Å². The largest absolute Gasteiger partial charge is 0.480 e. The van der Waals surface area contributed by atoms with Crippen molar-refractivity contribution in [1.29, 1.82) is 0 Å². The van der Waals surface area contributed by atoms with E-state index in [2.05, 4.69) is 4.98 Å². The average molecular weight is 294 g/mol. The quantitative estimate of drug-likeness (QED) is 0.852. The van der Waals surface area contributed by atoms with E-state index >= 15 is 0 Å². The molecule has 0 radical (unpaired) electrons. The van der Waals surface area contributed by atoms with Crippen molar-refractivity contribution in [3.8, 4) is 0 Å². The highest BCUT2D eigenvalue weighted by Gasteiger charge is 2.10. The second-order valence-corrected chi connectivity index (χ2v) is 4.88. The molecule has 106 valence electrons. The average Bonchev–Trinajstić information content (AvgIpc) is 2.91. The Balaban J connectivity index is 1.96. The number of carboxylic acid groups (broad SMARTS) is 1. The number of nitrogens with zero attached hydrogens (tertiary/aromatic N) is 3. The lowest BCUT2D eigenvalue weighted by Gasteiger charge is -2.23. The zero-order valence-electron chi connectivity index (χ0n) is 10.9.